The molecule has 4 aromatic rings. The summed E-state index contributed by atoms with van der Waals surface area (Å²) in [4.78, 5) is 30.1. The Hall–Kier alpha value is -4.07. The zero-order valence-corrected chi connectivity index (χ0v) is 26.7. The smallest absolute Gasteiger partial charge is 0.342 e. The molecular weight excluding hydrogens is 568 g/mol. The van der Waals surface area contributed by atoms with Gasteiger partial charge in [0.1, 0.15) is 24.5 Å². The van der Waals surface area contributed by atoms with Crippen LogP contribution in [0, 0.1) is 26.7 Å². The first-order chi connectivity index (χ1) is 21.3. The second kappa shape index (κ2) is 14.6. The maximum absolute atomic E-state index is 13.8. The molecule has 1 aliphatic rings. The number of benzene rings is 4. The fourth-order valence-electron chi connectivity index (χ4n) is 5.19. The number of hydrogen-bond donors (Lipinski definition) is 0. The van der Waals surface area contributed by atoms with Crippen LogP contribution in [-0.4, -0.2) is 36.3 Å². The van der Waals surface area contributed by atoms with Crippen molar-refractivity contribution < 1.29 is 19.1 Å². The fraction of sp³-hybridized carbons (Fsp3) is 0.297. The van der Waals surface area contributed by atoms with E-state index in [0.717, 1.165) is 24.0 Å². The standard InChI is InChI=1S/C37H40N2O4S/c1-26-19-27(2)36(28(3)20-26)44-38(4)23-35(40)39(22-29-15-16-29)32-17-18-33(37(41)43-25-31-13-9-6-10-14-31)34(21-32)42-24-30-11-7-5-8-12-30/h5-14,17-21,29H,15-16,22-25H2,1-4H3. The molecule has 0 aliphatic heterocycles. The summed E-state index contributed by atoms with van der Waals surface area (Å²) in [6.07, 6.45) is 2.22. The molecule has 0 spiro atoms. The van der Waals surface area contributed by atoms with E-state index in [0.29, 0.717) is 29.5 Å². The largest absolute Gasteiger partial charge is 0.488 e. The molecule has 1 saturated carbocycles. The fourth-order valence-corrected chi connectivity index (χ4v) is 6.08. The van der Waals surface area contributed by atoms with Gasteiger partial charge in [-0.05, 0) is 92.9 Å². The van der Waals surface area contributed by atoms with Crippen molar-refractivity contribution in [3.63, 3.8) is 0 Å². The van der Waals surface area contributed by atoms with Crippen molar-refractivity contribution in [2.75, 3.05) is 25.0 Å². The Bertz CT molecular complexity index is 1570. The summed E-state index contributed by atoms with van der Waals surface area (Å²) in [5, 5.41) is 0. The molecule has 1 aliphatic carbocycles. The van der Waals surface area contributed by atoms with E-state index >= 15 is 0 Å². The van der Waals surface area contributed by atoms with E-state index in [1.54, 1.807) is 18.0 Å². The van der Waals surface area contributed by atoms with Gasteiger partial charge in [0.05, 0.1) is 6.54 Å². The Balaban J connectivity index is 1.37. The molecule has 7 heteroatoms. The summed E-state index contributed by atoms with van der Waals surface area (Å²) in [6, 6.07) is 29.1. The zero-order chi connectivity index (χ0) is 31.1. The predicted octanol–water partition coefficient (Wildman–Crippen LogP) is 7.93. The lowest BCUT2D eigenvalue weighted by Crippen LogP contribution is -2.38. The number of anilines is 1. The molecule has 4 aromatic carbocycles. The molecule has 0 radical (unpaired) electrons. The van der Waals surface area contributed by atoms with Gasteiger partial charge in [-0.2, -0.15) is 0 Å². The summed E-state index contributed by atoms with van der Waals surface area (Å²) in [6.45, 7) is 7.65. The lowest BCUT2D eigenvalue weighted by molar-refractivity contribution is -0.118. The number of likely N-dealkylation sites (N-methyl/N-ethyl adjacent to an activating group) is 1. The number of esters is 1. The van der Waals surface area contributed by atoms with Gasteiger partial charge in [-0.1, -0.05) is 78.4 Å². The number of ether oxygens (including phenoxy) is 2. The van der Waals surface area contributed by atoms with Crippen LogP contribution in [-0.2, 0) is 22.7 Å². The molecule has 228 valence electrons. The summed E-state index contributed by atoms with van der Waals surface area (Å²) in [5.74, 6) is 0.403. The first-order valence-electron chi connectivity index (χ1n) is 15.1. The van der Waals surface area contributed by atoms with Gasteiger partial charge in [0.2, 0.25) is 5.91 Å². The minimum Gasteiger partial charge on any atom is -0.488 e. The molecule has 0 atom stereocenters. The van der Waals surface area contributed by atoms with Crippen LogP contribution < -0.4 is 9.64 Å². The Labute approximate surface area is 265 Å². The first-order valence-corrected chi connectivity index (χ1v) is 15.8. The molecule has 0 N–H and O–H groups in total. The van der Waals surface area contributed by atoms with Crippen molar-refractivity contribution in [2.45, 2.75) is 51.7 Å². The van der Waals surface area contributed by atoms with Gasteiger partial charge in [0.25, 0.3) is 0 Å². The molecule has 6 nitrogen and oxygen atoms in total. The summed E-state index contributed by atoms with van der Waals surface area (Å²) >= 11 is 1.60. The van der Waals surface area contributed by atoms with Crippen molar-refractivity contribution in [1.82, 2.24) is 4.31 Å². The quantitative estimate of drug-likeness (QED) is 0.114. The molecule has 0 heterocycles. The Kier molecular flexibility index (Phi) is 10.4. The van der Waals surface area contributed by atoms with Crippen molar-refractivity contribution in [3.05, 3.63) is 124 Å². The van der Waals surface area contributed by atoms with E-state index in [-0.39, 0.29) is 25.7 Å². The zero-order valence-electron chi connectivity index (χ0n) is 25.9. The first kappa shape index (κ1) is 31.4. The van der Waals surface area contributed by atoms with E-state index in [4.69, 9.17) is 9.47 Å². The number of nitrogens with zero attached hydrogens (tertiary/aromatic N) is 2. The third-order valence-electron chi connectivity index (χ3n) is 7.60. The number of rotatable bonds is 13. The van der Waals surface area contributed by atoms with E-state index < -0.39 is 5.97 Å². The second-order valence-electron chi connectivity index (χ2n) is 11.6. The normalized spacial score (nSPS) is 12.7. The minimum absolute atomic E-state index is 0.00253. The Morgan fingerprint density at radius 3 is 2.05 bits per heavy atom. The van der Waals surface area contributed by atoms with Crippen LogP contribution in [0.1, 0.15) is 51.0 Å². The molecule has 1 fully saturated rings. The van der Waals surface area contributed by atoms with E-state index in [1.807, 2.05) is 89.0 Å². The van der Waals surface area contributed by atoms with Crippen molar-refractivity contribution in [1.29, 1.82) is 0 Å². The highest BCUT2D eigenvalue weighted by molar-refractivity contribution is 7.97. The van der Waals surface area contributed by atoms with Gasteiger partial charge in [0.15, 0.2) is 0 Å². The Morgan fingerprint density at radius 1 is 0.818 bits per heavy atom. The van der Waals surface area contributed by atoms with Crippen LogP contribution >= 0.6 is 11.9 Å². The number of carbonyl (C=O) groups excluding carboxylic acids is 2. The van der Waals surface area contributed by atoms with E-state index in [2.05, 4.69) is 32.9 Å². The van der Waals surface area contributed by atoms with Crippen LogP contribution in [0.4, 0.5) is 5.69 Å². The van der Waals surface area contributed by atoms with Crippen LogP contribution in [0.2, 0.25) is 0 Å². The van der Waals surface area contributed by atoms with Gasteiger partial charge in [-0.25, -0.2) is 9.10 Å². The maximum Gasteiger partial charge on any atom is 0.342 e. The van der Waals surface area contributed by atoms with Crippen molar-refractivity contribution in [2.24, 2.45) is 5.92 Å². The van der Waals surface area contributed by atoms with Crippen LogP contribution in [0.5, 0.6) is 5.75 Å². The third-order valence-corrected chi connectivity index (χ3v) is 8.86. The van der Waals surface area contributed by atoms with Gasteiger partial charge in [-0.3, -0.25) is 4.79 Å². The monoisotopic (exact) mass is 608 g/mol. The average Bonchev–Trinajstić information content (AvgIpc) is 3.84. The Morgan fingerprint density at radius 2 is 1.43 bits per heavy atom. The minimum atomic E-state index is -0.469. The SMILES string of the molecule is Cc1cc(C)c(SN(C)CC(=O)N(CC2CC2)c2ccc(C(=O)OCc3ccccc3)c(OCc3ccccc3)c2)c(C)c1. The van der Waals surface area contributed by atoms with E-state index in [9.17, 15) is 9.59 Å². The summed E-state index contributed by atoms with van der Waals surface area (Å²) in [5.41, 5.74) is 6.57. The molecule has 0 unspecified atom stereocenters. The summed E-state index contributed by atoms with van der Waals surface area (Å²) in [7, 11) is 1.96. The van der Waals surface area contributed by atoms with E-state index in [1.165, 1.54) is 21.6 Å². The highest BCUT2D eigenvalue weighted by Crippen LogP contribution is 2.35. The lowest BCUT2D eigenvalue weighted by Gasteiger charge is -2.27. The number of amides is 1. The van der Waals surface area contributed by atoms with Gasteiger partial charge < -0.3 is 14.4 Å². The average molecular weight is 609 g/mol. The maximum atomic E-state index is 13.8. The third kappa shape index (κ3) is 8.52. The van der Waals surface area contributed by atoms with Gasteiger partial charge in [-0.15, -0.1) is 0 Å². The van der Waals surface area contributed by atoms with Gasteiger partial charge in [0, 0.05) is 23.2 Å². The lowest BCUT2D eigenvalue weighted by atomic mass is 10.1. The molecule has 0 aromatic heterocycles. The highest BCUT2D eigenvalue weighted by atomic mass is 32.2. The molecule has 1 amide bonds. The molecular formula is C37H40N2O4S. The predicted molar refractivity (Wildman–Crippen MR) is 177 cm³/mol. The number of hydrogen-bond acceptors (Lipinski definition) is 6. The topological polar surface area (TPSA) is 59.1 Å². The molecule has 5 rings (SSSR count). The van der Waals surface area contributed by atoms with Crippen molar-refractivity contribution in [3.8, 4) is 5.75 Å². The van der Waals surface area contributed by atoms with Crippen molar-refractivity contribution >= 4 is 29.5 Å². The molecule has 0 bridgehead atoms. The van der Waals surface area contributed by atoms with Gasteiger partial charge >= 0.3 is 5.97 Å². The molecule has 44 heavy (non-hydrogen) atoms. The summed E-state index contributed by atoms with van der Waals surface area (Å²) < 4.78 is 13.9. The highest BCUT2D eigenvalue weighted by Gasteiger charge is 2.29. The van der Waals surface area contributed by atoms with Crippen LogP contribution in [0.25, 0.3) is 0 Å². The van der Waals surface area contributed by atoms with Crippen LogP contribution in [0.3, 0.4) is 0 Å². The van der Waals surface area contributed by atoms with Crippen LogP contribution in [0.15, 0.2) is 95.9 Å². The number of carbonyl (C=O) groups is 2. The number of aryl methyl sites for hydroxylation is 3. The second-order valence-corrected chi connectivity index (χ2v) is 12.8. The molecule has 0 saturated heterocycles.